The zero-order chi connectivity index (χ0) is 18.6. The van der Waals surface area contributed by atoms with Gasteiger partial charge in [-0.2, -0.15) is 0 Å². The molecule has 0 unspecified atom stereocenters. The number of anilines is 2. The minimum atomic E-state index is -0.387. The van der Waals surface area contributed by atoms with E-state index in [1.54, 1.807) is 36.7 Å². The van der Waals surface area contributed by atoms with Crippen LogP contribution in [0.4, 0.5) is 11.4 Å². The molecule has 0 aliphatic heterocycles. The average Bonchev–Trinajstić information content (AvgIpc) is 2.68. The van der Waals surface area contributed by atoms with E-state index in [4.69, 9.17) is 0 Å². The van der Waals surface area contributed by atoms with Gasteiger partial charge in [0.15, 0.2) is 0 Å². The van der Waals surface area contributed by atoms with E-state index in [1.807, 2.05) is 36.4 Å². The third-order valence-corrected chi connectivity index (χ3v) is 4.16. The van der Waals surface area contributed by atoms with Crippen molar-refractivity contribution in [2.75, 3.05) is 10.6 Å². The van der Waals surface area contributed by atoms with Crippen molar-refractivity contribution < 1.29 is 9.59 Å². The Bertz CT molecular complexity index is 1060. The Labute approximate surface area is 155 Å². The van der Waals surface area contributed by atoms with E-state index in [0.717, 1.165) is 21.8 Å². The van der Waals surface area contributed by atoms with Gasteiger partial charge in [0, 0.05) is 23.2 Å². The van der Waals surface area contributed by atoms with Crippen LogP contribution in [0.15, 0.2) is 73.1 Å². The topological polar surface area (TPSA) is 84.0 Å². The molecule has 0 aliphatic carbocycles. The number of benzene rings is 2. The molecule has 27 heavy (non-hydrogen) atoms. The Morgan fingerprint density at radius 1 is 0.667 bits per heavy atom. The third kappa shape index (κ3) is 3.59. The number of pyridine rings is 2. The monoisotopic (exact) mass is 356 g/mol. The molecule has 4 rings (SSSR count). The molecule has 132 valence electrons. The number of carbonyl (C=O) groups is 2. The Morgan fingerprint density at radius 2 is 1.15 bits per heavy atom. The number of nitrogens with one attached hydrogen (secondary N) is 2. The summed E-state index contributed by atoms with van der Waals surface area (Å²) in [5.74, 6) is -0.774. The van der Waals surface area contributed by atoms with Crippen LogP contribution in [0.3, 0.4) is 0 Å². The van der Waals surface area contributed by atoms with Gasteiger partial charge in [0.05, 0.1) is 22.4 Å². The first-order chi connectivity index (χ1) is 13.2. The van der Waals surface area contributed by atoms with Gasteiger partial charge in [0.1, 0.15) is 6.42 Å². The van der Waals surface area contributed by atoms with Gasteiger partial charge in [-0.1, -0.05) is 12.1 Å². The normalized spacial score (nSPS) is 10.7. The SMILES string of the molecule is O=C(CC(=O)Nc1cccc2ncccc12)Nc1cccc2ncccc12. The molecule has 2 N–H and O–H groups in total. The smallest absolute Gasteiger partial charge is 0.233 e. The highest BCUT2D eigenvalue weighted by molar-refractivity contribution is 6.12. The number of rotatable bonds is 4. The van der Waals surface area contributed by atoms with Gasteiger partial charge in [-0.25, -0.2) is 0 Å². The van der Waals surface area contributed by atoms with Crippen molar-refractivity contribution in [2.24, 2.45) is 0 Å². The van der Waals surface area contributed by atoms with Crippen molar-refractivity contribution in [3.63, 3.8) is 0 Å². The minimum Gasteiger partial charge on any atom is -0.325 e. The number of hydrogen-bond acceptors (Lipinski definition) is 4. The van der Waals surface area contributed by atoms with Crippen LogP contribution in [0.5, 0.6) is 0 Å². The standard InChI is InChI=1S/C21H16N4O2/c26-20(24-18-9-1-7-16-14(18)5-3-11-22-16)13-21(27)25-19-10-2-8-17-15(19)6-4-12-23-17/h1-12H,13H2,(H,24,26)(H,25,27). The summed E-state index contributed by atoms with van der Waals surface area (Å²) in [5, 5.41) is 7.23. The van der Waals surface area contributed by atoms with Crippen LogP contribution in [0, 0.1) is 0 Å². The molecule has 2 aromatic carbocycles. The Kier molecular flexibility index (Phi) is 4.45. The maximum absolute atomic E-state index is 12.3. The third-order valence-electron chi connectivity index (χ3n) is 4.16. The predicted molar refractivity (Wildman–Crippen MR) is 105 cm³/mol. The highest BCUT2D eigenvalue weighted by Crippen LogP contribution is 2.23. The lowest BCUT2D eigenvalue weighted by molar-refractivity contribution is -0.123. The highest BCUT2D eigenvalue weighted by Gasteiger charge is 2.13. The van der Waals surface area contributed by atoms with Gasteiger partial charge >= 0.3 is 0 Å². The number of amides is 2. The molecule has 0 radical (unpaired) electrons. The minimum absolute atomic E-state index is 0.284. The van der Waals surface area contributed by atoms with Gasteiger partial charge < -0.3 is 10.6 Å². The first-order valence-electron chi connectivity index (χ1n) is 8.48. The fraction of sp³-hybridized carbons (Fsp3) is 0.0476. The summed E-state index contributed by atoms with van der Waals surface area (Å²) < 4.78 is 0. The summed E-state index contributed by atoms with van der Waals surface area (Å²) in [6.45, 7) is 0. The van der Waals surface area contributed by atoms with E-state index in [2.05, 4.69) is 20.6 Å². The second kappa shape index (κ2) is 7.21. The molecule has 0 saturated heterocycles. The van der Waals surface area contributed by atoms with E-state index in [-0.39, 0.29) is 18.2 Å². The molecule has 6 heteroatoms. The second-order valence-electron chi connectivity index (χ2n) is 6.02. The molecule has 2 heterocycles. The Hall–Kier alpha value is -3.80. The van der Waals surface area contributed by atoms with E-state index >= 15 is 0 Å². The summed E-state index contributed by atoms with van der Waals surface area (Å²) in [5.41, 5.74) is 2.83. The predicted octanol–water partition coefficient (Wildman–Crippen LogP) is 3.75. The molecule has 2 amide bonds. The number of hydrogen-bond donors (Lipinski definition) is 2. The van der Waals surface area contributed by atoms with Gasteiger partial charge in [0.25, 0.3) is 0 Å². The highest BCUT2D eigenvalue weighted by atomic mass is 16.2. The number of fused-ring (bicyclic) bond motifs is 2. The van der Waals surface area contributed by atoms with E-state index in [0.29, 0.717) is 11.4 Å². The zero-order valence-corrected chi connectivity index (χ0v) is 14.3. The zero-order valence-electron chi connectivity index (χ0n) is 14.3. The quantitative estimate of drug-likeness (QED) is 0.546. The maximum atomic E-state index is 12.3. The lowest BCUT2D eigenvalue weighted by Gasteiger charge is -2.10. The van der Waals surface area contributed by atoms with Crippen LogP contribution < -0.4 is 10.6 Å². The first-order valence-corrected chi connectivity index (χ1v) is 8.48. The molecule has 0 spiro atoms. The lowest BCUT2D eigenvalue weighted by atomic mass is 10.1. The number of carbonyl (C=O) groups excluding carboxylic acids is 2. The molecule has 0 fully saturated rings. The molecule has 6 nitrogen and oxygen atoms in total. The molecule has 0 saturated carbocycles. The molecular formula is C21H16N4O2. The van der Waals surface area contributed by atoms with Gasteiger partial charge in [-0.3, -0.25) is 19.6 Å². The van der Waals surface area contributed by atoms with Crippen LogP contribution in [0.2, 0.25) is 0 Å². The number of nitrogens with zero attached hydrogens (tertiary/aromatic N) is 2. The van der Waals surface area contributed by atoms with Crippen LogP contribution in [0.25, 0.3) is 21.8 Å². The van der Waals surface area contributed by atoms with E-state index in [1.165, 1.54) is 0 Å². The van der Waals surface area contributed by atoms with Gasteiger partial charge in [-0.05, 0) is 48.5 Å². The van der Waals surface area contributed by atoms with Crippen LogP contribution in [-0.4, -0.2) is 21.8 Å². The average molecular weight is 356 g/mol. The summed E-state index contributed by atoms with van der Waals surface area (Å²) >= 11 is 0. The van der Waals surface area contributed by atoms with Crippen LogP contribution in [0.1, 0.15) is 6.42 Å². The maximum Gasteiger partial charge on any atom is 0.233 e. The van der Waals surface area contributed by atoms with Crippen molar-refractivity contribution in [1.29, 1.82) is 0 Å². The first kappa shape index (κ1) is 16.7. The lowest BCUT2D eigenvalue weighted by Crippen LogP contribution is -2.21. The molecular weight excluding hydrogens is 340 g/mol. The Balaban J connectivity index is 1.47. The van der Waals surface area contributed by atoms with Crippen molar-refractivity contribution >= 4 is 45.0 Å². The Morgan fingerprint density at radius 3 is 1.63 bits per heavy atom. The largest absolute Gasteiger partial charge is 0.325 e. The summed E-state index contributed by atoms with van der Waals surface area (Å²) in [6, 6.07) is 18.3. The molecule has 0 bridgehead atoms. The van der Waals surface area contributed by atoms with Gasteiger partial charge in [-0.15, -0.1) is 0 Å². The van der Waals surface area contributed by atoms with Crippen LogP contribution >= 0.6 is 0 Å². The van der Waals surface area contributed by atoms with Crippen molar-refractivity contribution in [3.05, 3.63) is 73.1 Å². The number of aromatic nitrogens is 2. The molecule has 0 aliphatic rings. The van der Waals surface area contributed by atoms with Crippen LogP contribution in [-0.2, 0) is 9.59 Å². The van der Waals surface area contributed by atoms with Crippen molar-refractivity contribution in [2.45, 2.75) is 6.42 Å². The molecule has 0 atom stereocenters. The van der Waals surface area contributed by atoms with E-state index in [9.17, 15) is 9.59 Å². The summed E-state index contributed by atoms with van der Waals surface area (Å²) in [4.78, 5) is 33.1. The summed E-state index contributed by atoms with van der Waals surface area (Å²) in [7, 11) is 0. The summed E-state index contributed by atoms with van der Waals surface area (Å²) in [6.07, 6.45) is 3.11. The van der Waals surface area contributed by atoms with Crippen molar-refractivity contribution in [3.8, 4) is 0 Å². The molecule has 2 aromatic heterocycles. The molecule has 4 aromatic rings. The second-order valence-corrected chi connectivity index (χ2v) is 6.02. The van der Waals surface area contributed by atoms with E-state index < -0.39 is 0 Å². The van der Waals surface area contributed by atoms with Gasteiger partial charge in [0.2, 0.25) is 11.8 Å². The fourth-order valence-corrected chi connectivity index (χ4v) is 2.96. The van der Waals surface area contributed by atoms with Crippen molar-refractivity contribution in [1.82, 2.24) is 9.97 Å². The fourth-order valence-electron chi connectivity index (χ4n) is 2.96.